The molecule has 0 spiro atoms. The molecule has 1 saturated heterocycles. The smallest absolute Gasteiger partial charge is 0.337 e. The first-order valence-electron chi connectivity index (χ1n) is 6.36. The summed E-state index contributed by atoms with van der Waals surface area (Å²) in [5.74, 6) is -0.986. The van der Waals surface area contributed by atoms with Gasteiger partial charge in [0.2, 0.25) is 5.79 Å². The number of carbonyl (C=O) groups is 2. The molecule has 6 nitrogen and oxygen atoms in total. The molecule has 0 aromatic carbocycles. The molecule has 2 heterocycles. The number of cyclic esters (lactones) is 1. The topological polar surface area (TPSA) is 73.9 Å². The van der Waals surface area contributed by atoms with Crippen LogP contribution in [-0.2, 0) is 23.8 Å². The van der Waals surface area contributed by atoms with Gasteiger partial charge in [-0.1, -0.05) is 0 Å². The Morgan fingerprint density at radius 1 is 1.47 bits per heavy atom. The summed E-state index contributed by atoms with van der Waals surface area (Å²) in [5.41, 5.74) is 0. The fraction of sp³-hybridized carbons (Fsp3) is 0.692. The zero-order valence-electron chi connectivity index (χ0n) is 11.4. The van der Waals surface area contributed by atoms with E-state index in [2.05, 4.69) is 5.32 Å². The maximum atomic E-state index is 11.4. The van der Waals surface area contributed by atoms with E-state index in [-0.39, 0.29) is 18.1 Å². The van der Waals surface area contributed by atoms with Crippen LogP contribution < -0.4 is 5.32 Å². The summed E-state index contributed by atoms with van der Waals surface area (Å²) in [4.78, 5) is 22.8. The quantitative estimate of drug-likeness (QED) is 0.766. The number of nitrogens with one attached hydrogen (secondary N) is 1. The first-order valence-corrected chi connectivity index (χ1v) is 6.36. The normalized spacial score (nSPS) is 29.2. The highest BCUT2D eigenvalue weighted by Gasteiger charge is 2.34. The Morgan fingerprint density at radius 3 is 2.84 bits per heavy atom. The van der Waals surface area contributed by atoms with Crippen molar-refractivity contribution in [2.75, 3.05) is 7.11 Å². The molecule has 2 atom stereocenters. The summed E-state index contributed by atoms with van der Waals surface area (Å²) in [6.45, 7) is 3.38. The first-order chi connectivity index (χ1) is 8.89. The number of hydrogen-bond donors (Lipinski definition) is 1. The maximum Gasteiger partial charge on any atom is 0.337 e. The van der Waals surface area contributed by atoms with Gasteiger partial charge < -0.3 is 19.5 Å². The predicted molar refractivity (Wildman–Crippen MR) is 65.9 cm³/mol. The molecule has 2 rings (SSSR count). The van der Waals surface area contributed by atoms with Crippen molar-refractivity contribution in [3.05, 3.63) is 11.8 Å². The van der Waals surface area contributed by atoms with Gasteiger partial charge in [-0.25, -0.2) is 4.79 Å². The number of rotatable bonds is 3. The van der Waals surface area contributed by atoms with Crippen molar-refractivity contribution in [2.45, 2.75) is 51.0 Å². The molecule has 0 aromatic rings. The van der Waals surface area contributed by atoms with Gasteiger partial charge >= 0.3 is 11.9 Å². The number of carbonyl (C=O) groups excluding carboxylic acids is 2. The predicted octanol–water partition coefficient (Wildman–Crippen LogP) is 0.863. The van der Waals surface area contributed by atoms with Crippen LogP contribution in [0.4, 0.5) is 0 Å². The van der Waals surface area contributed by atoms with Gasteiger partial charge in [-0.15, -0.1) is 0 Å². The van der Waals surface area contributed by atoms with E-state index in [0.717, 1.165) is 12.8 Å². The number of esters is 2. The first kappa shape index (κ1) is 13.9. The van der Waals surface area contributed by atoms with Crippen LogP contribution in [-0.4, -0.2) is 36.9 Å². The molecule has 0 radical (unpaired) electrons. The minimum absolute atomic E-state index is 0.108. The molecule has 1 unspecified atom stereocenters. The van der Waals surface area contributed by atoms with Crippen LogP contribution in [0.1, 0.15) is 33.1 Å². The van der Waals surface area contributed by atoms with E-state index in [0.29, 0.717) is 12.2 Å². The summed E-state index contributed by atoms with van der Waals surface area (Å²) in [5, 5.41) is 3.18. The Labute approximate surface area is 112 Å². The van der Waals surface area contributed by atoms with E-state index in [9.17, 15) is 9.59 Å². The minimum atomic E-state index is -0.929. The molecule has 0 aliphatic carbocycles. The lowest BCUT2D eigenvalue weighted by atomic mass is 10.1. The summed E-state index contributed by atoms with van der Waals surface area (Å²) in [7, 11) is 1.38. The lowest BCUT2D eigenvalue weighted by Crippen LogP contribution is -2.38. The highest BCUT2D eigenvalue weighted by Crippen LogP contribution is 2.27. The van der Waals surface area contributed by atoms with Crippen LogP contribution in [0.2, 0.25) is 0 Å². The van der Waals surface area contributed by atoms with Gasteiger partial charge in [0.15, 0.2) is 0 Å². The number of methoxy groups -OCH3 is 1. The fourth-order valence-corrected chi connectivity index (χ4v) is 2.42. The number of ether oxygens (including phenoxy) is 3. The molecule has 0 bridgehead atoms. The Morgan fingerprint density at radius 2 is 2.21 bits per heavy atom. The average Bonchev–Trinajstić information content (AvgIpc) is 2.73. The van der Waals surface area contributed by atoms with Crippen molar-refractivity contribution in [3.8, 4) is 0 Å². The molecule has 2 aliphatic heterocycles. The summed E-state index contributed by atoms with van der Waals surface area (Å²) < 4.78 is 15.3. The van der Waals surface area contributed by atoms with E-state index in [1.165, 1.54) is 13.2 Å². The number of hydrogen-bond acceptors (Lipinski definition) is 6. The molecule has 0 saturated carbocycles. The van der Waals surface area contributed by atoms with Crippen LogP contribution in [0, 0.1) is 0 Å². The maximum absolute atomic E-state index is 11.4. The van der Waals surface area contributed by atoms with Crippen molar-refractivity contribution < 1.29 is 23.8 Å². The summed E-state index contributed by atoms with van der Waals surface area (Å²) in [6.07, 6.45) is 3.50. The van der Waals surface area contributed by atoms with Gasteiger partial charge in [0.25, 0.3) is 0 Å². The zero-order chi connectivity index (χ0) is 14.0. The third kappa shape index (κ3) is 3.47. The van der Waals surface area contributed by atoms with Crippen LogP contribution in [0.25, 0.3) is 0 Å². The molecular formula is C13H19NO5. The molecule has 0 amide bonds. The van der Waals surface area contributed by atoms with Gasteiger partial charge in [-0.2, -0.15) is 0 Å². The molecule has 2 aliphatic rings. The van der Waals surface area contributed by atoms with Gasteiger partial charge in [0, 0.05) is 26.3 Å². The van der Waals surface area contributed by atoms with Crippen LogP contribution in [0.15, 0.2) is 11.8 Å². The van der Waals surface area contributed by atoms with Crippen LogP contribution >= 0.6 is 0 Å². The second kappa shape index (κ2) is 5.21. The molecule has 1 N–H and O–H groups in total. The van der Waals surface area contributed by atoms with Crippen LogP contribution in [0.5, 0.6) is 0 Å². The van der Waals surface area contributed by atoms with E-state index >= 15 is 0 Å². The van der Waals surface area contributed by atoms with Gasteiger partial charge in [0.1, 0.15) is 11.8 Å². The largest absolute Gasteiger partial charge is 0.468 e. The Bertz CT molecular complexity index is 415. The highest BCUT2D eigenvalue weighted by atomic mass is 16.7. The summed E-state index contributed by atoms with van der Waals surface area (Å²) >= 11 is 0. The Kier molecular flexibility index (Phi) is 3.80. The van der Waals surface area contributed by atoms with Crippen molar-refractivity contribution in [2.24, 2.45) is 0 Å². The Balaban J connectivity index is 1.92. The third-order valence-corrected chi connectivity index (χ3v) is 3.18. The van der Waals surface area contributed by atoms with Crippen molar-refractivity contribution >= 4 is 11.9 Å². The average molecular weight is 269 g/mol. The molecule has 106 valence electrons. The second-order valence-corrected chi connectivity index (χ2v) is 5.25. The van der Waals surface area contributed by atoms with Gasteiger partial charge in [-0.3, -0.25) is 4.79 Å². The Hall–Kier alpha value is -1.56. The minimum Gasteiger partial charge on any atom is -0.468 e. The lowest BCUT2D eigenvalue weighted by Gasteiger charge is -2.31. The van der Waals surface area contributed by atoms with E-state index in [4.69, 9.17) is 14.2 Å². The summed E-state index contributed by atoms with van der Waals surface area (Å²) in [6, 6.07) is -0.156. The SMILES string of the molecule is COC(=O)[C@@H]1CCC(CC2=CC(=O)OC(C)(C)O2)N1. The molecule has 19 heavy (non-hydrogen) atoms. The highest BCUT2D eigenvalue weighted by molar-refractivity contribution is 5.83. The van der Waals surface area contributed by atoms with Crippen molar-refractivity contribution in [3.63, 3.8) is 0 Å². The fourth-order valence-electron chi connectivity index (χ4n) is 2.42. The van der Waals surface area contributed by atoms with Crippen molar-refractivity contribution in [1.82, 2.24) is 5.32 Å². The molecule has 6 heteroatoms. The monoisotopic (exact) mass is 269 g/mol. The van der Waals surface area contributed by atoms with E-state index < -0.39 is 11.8 Å². The van der Waals surface area contributed by atoms with E-state index in [1.54, 1.807) is 13.8 Å². The van der Waals surface area contributed by atoms with E-state index in [1.807, 2.05) is 0 Å². The zero-order valence-corrected chi connectivity index (χ0v) is 11.4. The standard InChI is InChI=1S/C13H19NO5/c1-13(2)18-9(7-11(15)19-13)6-8-4-5-10(14-8)12(16)17-3/h7-8,10,14H,4-6H2,1-3H3/t8?,10-/m0/s1. The molecule has 1 fully saturated rings. The third-order valence-electron chi connectivity index (χ3n) is 3.18. The molecule has 0 aromatic heterocycles. The van der Waals surface area contributed by atoms with Crippen molar-refractivity contribution in [1.29, 1.82) is 0 Å². The molecular weight excluding hydrogens is 250 g/mol. The van der Waals surface area contributed by atoms with Gasteiger partial charge in [-0.05, 0) is 12.8 Å². The second-order valence-electron chi connectivity index (χ2n) is 5.25. The lowest BCUT2D eigenvalue weighted by molar-refractivity contribution is -0.206. The van der Waals surface area contributed by atoms with Crippen LogP contribution in [0.3, 0.4) is 0 Å². The van der Waals surface area contributed by atoms with Gasteiger partial charge in [0.05, 0.1) is 13.2 Å².